The van der Waals surface area contributed by atoms with Gasteiger partial charge < -0.3 is 4.98 Å². The minimum atomic E-state index is -0.313. The van der Waals surface area contributed by atoms with E-state index in [0.29, 0.717) is 5.56 Å². The highest BCUT2D eigenvalue weighted by Gasteiger charge is 2.19. The van der Waals surface area contributed by atoms with Crippen LogP contribution >= 0.6 is 0 Å². The Labute approximate surface area is 122 Å². The summed E-state index contributed by atoms with van der Waals surface area (Å²) in [6, 6.07) is 7.55. The van der Waals surface area contributed by atoms with Crippen LogP contribution in [0, 0.1) is 5.92 Å². The Hall–Kier alpha value is -2.56. The van der Waals surface area contributed by atoms with E-state index in [4.69, 9.17) is 0 Å². The van der Waals surface area contributed by atoms with Crippen molar-refractivity contribution in [1.29, 1.82) is 0 Å². The van der Waals surface area contributed by atoms with E-state index in [0.717, 1.165) is 30.2 Å². The van der Waals surface area contributed by atoms with Gasteiger partial charge in [0.15, 0.2) is 0 Å². The first-order chi connectivity index (χ1) is 10.3. The topological polar surface area (TPSA) is 74.0 Å². The van der Waals surface area contributed by atoms with Crippen LogP contribution in [0.1, 0.15) is 29.6 Å². The van der Waals surface area contributed by atoms with Crippen molar-refractivity contribution in [2.24, 2.45) is 5.92 Å². The quantitative estimate of drug-likeness (QED) is 0.584. The van der Waals surface area contributed by atoms with Crippen LogP contribution in [0.3, 0.4) is 0 Å². The van der Waals surface area contributed by atoms with Crippen LogP contribution < -0.4 is 10.9 Å². The van der Waals surface area contributed by atoms with Gasteiger partial charge >= 0.3 is 0 Å². The fraction of sp³-hybridized carbons (Fsp3) is 0.250. The molecule has 2 amide bonds. The molecule has 1 aromatic carbocycles. The van der Waals surface area contributed by atoms with E-state index < -0.39 is 0 Å². The molecule has 21 heavy (non-hydrogen) atoms. The fourth-order valence-corrected chi connectivity index (χ4v) is 2.58. The van der Waals surface area contributed by atoms with Gasteiger partial charge in [-0.05, 0) is 25.3 Å². The smallest absolute Gasteiger partial charge is 0.271 e. The first-order valence-corrected chi connectivity index (χ1v) is 7.07. The summed E-state index contributed by atoms with van der Waals surface area (Å²) < 4.78 is 0. The molecule has 0 spiro atoms. The number of para-hydroxylation sites is 1. The van der Waals surface area contributed by atoms with Crippen molar-refractivity contribution in [2.45, 2.75) is 19.3 Å². The number of carbonyl (C=O) groups excluding carboxylic acids is 2. The Bertz CT molecular complexity index is 702. The van der Waals surface area contributed by atoms with Gasteiger partial charge in [0.1, 0.15) is 0 Å². The van der Waals surface area contributed by atoms with Crippen molar-refractivity contribution in [3.63, 3.8) is 0 Å². The molecule has 0 saturated carbocycles. The van der Waals surface area contributed by atoms with E-state index in [2.05, 4.69) is 21.9 Å². The van der Waals surface area contributed by atoms with Gasteiger partial charge in [0.05, 0.1) is 5.56 Å². The average molecular weight is 283 g/mol. The van der Waals surface area contributed by atoms with Crippen LogP contribution in [-0.4, -0.2) is 16.8 Å². The Balaban J connectivity index is 1.64. The van der Waals surface area contributed by atoms with Crippen molar-refractivity contribution >= 4 is 22.7 Å². The number of aromatic amines is 1. The summed E-state index contributed by atoms with van der Waals surface area (Å²) in [6.07, 6.45) is 8.20. The molecule has 0 bridgehead atoms. The van der Waals surface area contributed by atoms with Gasteiger partial charge in [0, 0.05) is 23.0 Å². The average Bonchev–Trinajstić information content (AvgIpc) is 2.97. The highest BCUT2D eigenvalue weighted by atomic mass is 16.2. The van der Waals surface area contributed by atoms with Crippen LogP contribution in [0.15, 0.2) is 42.6 Å². The second-order valence-corrected chi connectivity index (χ2v) is 5.17. The number of allylic oxidation sites excluding steroid dienone is 2. The lowest BCUT2D eigenvalue weighted by Crippen LogP contribution is -2.44. The molecular weight excluding hydrogens is 266 g/mol. The molecule has 1 aliphatic rings. The van der Waals surface area contributed by atoms with Crippen LogP contribution in [0.5, 0.6) is 0 Å². The van der Waals surface area contributed by atoms with E-state index in [-0.39, 0.29) is 17.7 Å². The molecule has 1 heterocycles. The van der Waals surface area contributed by atoms with Gasteiger partial charge in [-0.3, -0.25) is 20.4 Å². The summed E-state index contributed by atoms with van der Waals surface area (Å²) in [5, 5.41) is 0.838. The van der Waals surface area contributed by atoms with Crippen LogP contribution in [-0.2, 0) is 4.79 Å². The van der Waals surface area contributed by atoms with Crippen molar-refractivity contribution in [1.82, 2.24) is 15.8 Å². The van der Waals surface area contributed by atoms with Crippen molar-refractivity contribution in [3.8, 4) is 0 Å². The predicted octanol–water partition coefficient (Wildman–Crippen LogP) is 2.29. The number of nitrogens with one attached hydrogen (secondary N) is 3. The molecular formula is C16H17N3O2. The highest BCUT2D eigenvalue weighted by Crippen LogP contribution is 2.18. The minimum absolute atomic E-state index is 0.0572. The lowest BCUT2D eigenvalue weighted by molar-refractivity contribution is -0.126. The molecule has 0 fully saturated rings. The number of H-pyrrole nitrogens is 1. The lowest BCUT2D eigenvalue weighted by Gasteiger charge is -2.17. The zero-order valence-corrected chi connectivity index (χ0v) is 11.6. The number of rotatable bonds is 2. The van der Waals surface area contributed by atoms with E-state index in [1.807, 2.05) is 30.3 Å². The van der Waals surface area contributed by atoms with Gasteiger partial charge in [-0.25, -0.2) is 0 Å². The maximum Gasteiger partial charge on any atom is 0.271 e. The molecule has 1 aliphatic carbocycles. The van der Waals surface area contributed by atoms with E-state index in [9.17, 15) is 9.59 Å². The third-order valence-corrected chi connectivity index (χ3v) is 3.77. The number of hydrogen-bond donors (Lipinski definition) is 3. The zero-order valence-electron chi connectivity index (χ0n) is 11.6. The summed E-state index contributed by atoms with van der Waals surface area (Å²) >= 11 is 0. The van der Waals surface area contributed by atoms with E-state index in [1.165, 1.54) is 0 Å². The first-order valence-electron chi connectivity index (χ1n) is 7.07. The SMILES string of the molecule is O=C(NNC(=O)[C@@H]1CC=CCC1)c1c[nH]c2ccccc12. The number of hydrazine groups is 1. The number of aromatic nitrogens is 1. The Morgan fingerprint density at radius 3 is 2.81 bits per heavy atom. The molecule has 0 aliphatic heterocycles. The number of benzene rings is 1. The van der Waals surface area contributed by atoms with Crippen molar-refractivity contribution in [2.75, 3.05) is 0 Å². The molecule has 0 radical (unpaired) electrons. The highest BCUT2D eigenvalue weighted by molar-refractivity contribution is 6.07. The zero-order chi connectivity index (χ0) is 14.7. The molecule has 1 aromatic heterocycles. The lowest BCUT2D eigenvalue weighted by atomic mass is 9.94. The predicted molar refractivity (Wildman–Crippen MR) is 80.4 cm³/mol. The standard InChI is InChI=1S/C16H17N3O2/c20-15(11-6-2-1-3-7-11)18-19-16(21)13-10-17-14-9-5-4-8-12(13)14/h1-2,4-5,8-11,17H,3,6-7H2,(H,18,20)(H,19,21)/t11-/m1/s1. The monoisotopic (exact) mass is 283 g/mol. The molecule has 108 valence electrons. The second-order valence-electron chi connectivity index (χ2n) is 5.17. The first kappa shape index (κ1) is 13.4. The summed E-state index contributed by atoms with van der Waals surface area (Å²) in [6.45, 7) is 0. The van der Waals surface area contributed by atoms with Gasteiger partial charge in [-0.1, -0.05) is 30.4 Å². The third kappa shape index (κ3) is 2.81. The summed E-state index contributed by atoms with van der Waals surface area (Å²) in [5.74, 6) is -0.502. The van der Waals surface area contributed by atoms with Crippen LogP contribution in [0.2, 0.25) is 0 Å². The van der Waals surface area contributed by atoms with Gasteiger partial charge in [-0.15, -0.1) is 0 Å². The van der Waals surface area contributed by atoms with Crippen LogP contribution in [0.4, 0.5) is 0 Å². The van der Waals surface area contributed by atoms with Gasteiger partial charge in [0.25, 0.3) is 5.91 Å². The van der Waals surface area contributed by atoms with E-state index in [1.54, 1.807) is 6.20 Å². The number of fused-ring (bicyclic) bond motifs is 1. The maximum absolute atomic E-state index is 12.1. The van der Waals surface area contributed by atoms with Crippen molar-refractivity contribution < 1.29 is 9.59 Å². The normalized spacial score (nSPS) is 17.6. The summed E-state index contributed by atoms with van der Waals surface area (Å²) in [4.78, 5) is 27.2. The summed E-state index contributed by atoms with van der Waals surface area (Å²) in [7, 11) is 0. The largest absolute Gasteiger partial charge is 0.360 e. The summed E-state index contributed by atoms with van der Waals surface area (Å²) in [5.41, 5.74) is 6.43. The van der Waals surface area contributed by atoms with Gasteiger partial charge in [0.2, 0.25) is 5.91 Å². The maximum atomic E-state index is 12.1. The Kier molecular flexibility index (Phi) is 3.73. The molecule has 3 N–H and O–H groups in total. The molecule has 3 rings (SSSR count). The molecule has 5 nitrogen and oxygen atoms in total. The molecule has 5 heteroatoms. The number of amides is 2. The Morgan fingerprint density at radius 2 is 2.00 bits per heavy atom. The molecule has 2 aromatic rings. The number of carbonyl (C=O) groups is 2. The third-order valence-electron chi connectivity index (χ3n) is 3.77. The molecule has 0 saturated heterocycles. The number of hydrogen-bond acceptors (Lipinski definition) is 2. The van der Waals surface area contributed by atoms with E-state index >= 15 is 0 Å². The fourth-order valence-electron chi connectivity index (χ4n) is 2.58. The minimum Gasteiger partial charge on any atom is -0.360 e. The Morgan fingerprint density at radius 1 is 1.14 bits per heavy atom. The van der Waals surface area contributed by atoms with Gasteiger partial charge in [-0.2, -0.15) is 0 Å². The van der Waals surface area contributed by atoms with Crippen LogP contribution in [0.25, 0.3) is 10.9 Å². The molecule has 0 unspecified atom stereocenters. The van der Waals surface area contributed by atoms with Crippen molar-refractivity contribution in [3.05, 3.63) is 48.2 Å². The molecule has 1 atom stereocenters. The second kappa shape index (κ2) is 5.83.